The van der Waals surface area contributed by atoms with E-state index in [2.05, 4.69) is 10.3 Å². The summed E-state index contributed by atoms with van der Waals surface area (Å²) >= 11 is 13.7. The van der Waals surface area contributed by atoms with Crippen molar-refractivity contribution in [2.45, 2.75) is 25.8 Å². The molecular formula is C22H19Cl2N3O2S. The minimum atomic E-state index is -0.222. The van der Waals surface area contributed by atoms with Crippen LogP contribution in [0.15, 0.2) is 48.7 Å². The number of anilines is 1. The molecule has 0 bridgehead atoms. The molecule has 1 N–H and O–H groups in total. The average molecular weight is 460 g/mol. The van der Waals surface area contributed by atoms with Crippen molar-refractivity contribution in [3.8, 4) is 0 Å². The highest BCUT2D eigenvalue weighted by Gasteiger charge is 2.20. The van der Waals surface area contributed by atoms with Gasteiger partial charge in [0, 0.05) is 42.6 Å². The number of halogens is 2. The molecule has 1 aromatic heterocycles. The summed E-state index contributed by atoms with van der Waals surface area (Å²) in [5.41, 5.74) is 2.47. The molecule has 1 aliphatic heterocycles. The zero-order chi connectivity index (χ0) is 21.1. The second kappa shape index (κ2) is 9.16. The van der Waals surface area contributed by atoms with Crippen LogP contribution in [0.25, 0.3) is 0 Å². The van der Waals surface area contributed by atoms with Crippen molar-refractivity contribution < 1.29 is 9.59 Å². The van der Waals surface area contributed by atoms with E-state index < -0.39 is 0 Å². The Labute approximate surface area is 188 Å². The molecule has 30 heavy (non-hydrogen) atoms. The fraction of sp³-hybridized carbons (Fsp3) is 0.227. The average Bonchev–Trinajstić information content (AvgIpc) is 3.35. The van der Waals surface area contributed by atoms with Gasteiger partial charge in [0.05, 0.1) is 10.0 Å². The van der Waals surface area contributed by atoms with Gasteiger partial charge >= 0.3 is 0 Å². The predicted molar refractivity (Wildman–Crippen MR) is 120 cm³/mol. The number of hydrogen-bond acceptors (Lipinski definition) is 4. The number of carbonyl (C=O) groups is 2. The van der Waals surface area contributed by atoms with Crippen LogP contribution in [0.1, 0.15) is 39.2 Å². The number of carbonyl (C=O) groups excluding carboxylic acids is 2. The maximum absolute atomic E-state index is 12.5. The number of rotatable bonds is 6. The number of likely N-dealkylation sites (tertiary alicyclic amines) is 1. The summed E-state index contributed by atoms with van der Waals surface area (Å²) < 4.78 is 0. The van der Waals surface area contributed by atoms with Crippen LogP contribution in [0, 0.1) is 0 Å². The molecule has 8 heteroatoms. The summed E-state index contributed by atoms with van der Waals surface area (Å²) in [4.78, 5) is 31.4. The Bertz CT molecular complexity index is 1080. The van der Waals surface area contributed by atoms with E-state index in [-0.39, 0.29) is 11.8 Å². The van der Waals surface area contributed by atoms with Gasteiger partial charge in [-0.3, -0.25) is 14.9 Å². The lowest BCUT2D eigenvalue weighted by molar-refractivity contribution is -0.128. The lowest BCUT2D eigenvalue weighted by Gasteiger charge is -2.15. The van der Waals surface area contributed by atoms with E-state index in [1.807, 2.05) is 29.2 Å². The molecule has 4 rings (SSSR count). The summed E-state index contributed by atoms with van der Waals surface area (Å²) in [7, 11) is 0. The van der Waals surface area contributed by atoms with Crippen LogP contribution in [-0.2, 0) is 17.8 Å². The maximum Gasteiger partial charge on any atom is 0.257 e. The van der Waals surface area contributed by atoms with E-state index in [9.17, 15) is 9.59 Å². The first-order chi connectivity index (χ1) is 14.5. The SMILES string of the molecule is O=C(Nc1ncc(Cc2cccc(Cl)c2Cl)s1)c1ccc(CN2CCCC2=O)cc1. The zero-order valence-corrected chi connectivity index (χ0v) is 18.4. The Morgan fingerprint density at radius 2 is 1.97 bits per heavy atom. The van der Waals surface area contributed by atoms with Gasteiger partial charge in [0.15, 0.2) is 5.13 Å². The van der Waals surface area contributed by atoms with Gasteiger partial charge in [-0.25, -0.2) is 4.98 Å². The molecule has 2 heterocycles. The number of hydrogen-bond donors (Lipinski definition) is 1. The second-order valence-corrected chi connectivity index (χ2v) is 8.99. The van der Waals surface area contributed by atoms with Gasteiger partial charge in [0.2, 0.25) is 5.91 Å². The van der Waals surface area contributed by atoms with E-state index in [0.29, 0.717) is 40.1 Å². The third-order valence-corrected chi connectivity index (χ3v) is 6.70. The highest BCUT2D eigenvalue weighted by atomic mass is 35.5. The molecule has 0 saturated carbocycles. The van der Waals surface area contributed by atoms with Gasteiger partial charge < -0.3 is 4.90 Å². The standard InChI is InChI=1S/C22H19Cl2N3O2S/c23-18-4-1-3-16(20(18)24)11-17-12-25-22(30-17)26-21(29)15-8-6-14(7-9-15)13-27-10-2-5-19(27)28/h1,3-4,6-9,12H,2,5,10-11,13H2,(H,25,26,29). The first-order valence-electron chi connectivity index (χ1n) is 9.55. The van der Waals surface area contributed by atoms with Crippen LogP contribution in [0.5, 0.6) is 0 Å². The van der Waals surface area contributed by atoms with Crippen molar-refractivity contribution in [1.82, 2.24) is 9.88 Å². The van der Waals surface area contributed by atoms with Gasteiger partial charge in [-0.1, -0.05) is 47.5 Å². The van der Waals surface area contributed by atoms with Crippen LogP contribution in [0.4, 0.5) is 5.13 Å². The summed E-state index contributed by atoms with van der Waals surface area (Å²) in [6, 6.07) is 12.8. The molecule has 1 aliphatic rings. The summed E-state index contributed by atoms with van der Waals surface area (Å²) in [6.07, 6.45) is 3.86. The summed E-state index contributed by atoms with van der Waals surface area (Å²) in [6.45, 7) is 1.39. The van der Waals surface area contributed by atoms with E-state index in [0.717, 1.165) is 29.0 Å². The Balaban J connectivity index is 1.37. The van der Waals surface area contributed by atoms with Gasteiger partial charge in [0.1, 0.15) is 0 Å². The van der Waals surface area contributed by atoms with Crippen molar-refractivity contribution in [2.24, 2.45) is 0 Å². The first kappa shape index (κ1) is 20.8. The van der Waals surface area contributed by atoms with Gasteiger partial charge in [-0.2, -0.15) is 0 Å². The first-order valence-corrected chi connectivity index (χ1v) is 11.1. The Morgan fingerprint density at radius 3 is 2.70 bits per heavy atom. The quantitative estimate of drug-likeness (QED) is 0.535. The van der Waals surface area contributed by atoms with E-state index in [1.165, 1.54) is 11.3 Å². The second-order valence-electron chi connectivity index (χ2n) is 7.09. The van der Waals surface area contributed by atoms with Gasteiger partial charge in [-0.05, 0) is 35.7 Å². The number of benzene rings is 2. The van der Waals surface area contributed by atoms with Gasteiger partial charge in [0.25, 0.3) is 5.91 Å². The third-order valence-electron chi connectivity index (χ3n) is 4.93. The number of aromatic nitrogens is 1. The molecule has 0 spiro atoms. The zero-order valence-electron chi connectivity index (χ0n) is 16.0. The fourth-order valence-electron chi connectivity index (χ4n) is 3.34. The highest BCUT2D eigenvalue weighted by molar-refractivity contribution is 7.15. The summed E-state index contributed by atoms with van der Waals surface area (Å²) in [5.74, 6) is -0.0315. The molecule has 154 valence electrons. The summed E-state index contributed by atoms with van der Waals surface area (Å²) in [5, 5.41) is 4.42. The van der Waals surface area contributed by atoms with Crippen LogP contribution < -0.4 is 5.32 Å². The number of amides is 2. The monoisotopic (exact) mass is 459 g/mol. The Morgan fingerprint density at radius 1 is 1.17 bits per heavy atom. The normalized spacial score (nSPS) is 13.7. The van der Waals surface area contributed by atoms with Crippen molar-refractivity contribution in [2.75, 3.05) is 11.9 Å². The van der Waals surface area contributed by atoms with Crippen LogP contribution in [0.2, 0.25) is 10.0 Å². The van der Waals surface area contributed by atoms with Gasteiger partial charge in [-0.15, -0.1) is 11.3 Å². The molecule has 0 unspecified atom stereocenters. The minimum absolute atomic E-state index is 0.190. The Kier molecular flexibility index (Phi) is 6.37. The third kappa shape index (κ3) is 4.83. The number of nitrogens with zero attached hydrogens (tertiary/aromatic N) is 2. The van der Waals surface area contributed by atoms with Crippen LogP contribution >= 0.6 is 34.5 Å². The number of nitrogens with one attached hydrogen (secondary N) is 1. The van der Waals surface area contributed by atoms with Crippen molar-refractivity contribution in [1.29, 1.82) is 0 Å². The fourth-order valence-corrected chi connectivity index (χ4v) is 4.56. The predicted octanol–water partition coefficient (Wildman–Crippen LogP) is 5.42. The molecule has 2 amide bonds. The molecule has 0 aliphatic carbocycles. The lowest BCUT2D eigenvalue weighted by atomic mass is 10.1. The van der Waals surface area contributed by atoms with Crippen LogP contribution in [0.3, 0.4) is 0 Å². The molecular weight excluding hydrogens is 441 g/mol. The maximum atomic E-state index is 12.5. The van der Waals surface area contributed by atoms with Crippen molar-refractivity contribution in [3.05, 3.63) is 80.3 Å². The number of thiazole rings is 1. The molecule has 3 aromatic rings. The van der Waals surface area contributed by atoms with Crippen molar-refractivity contribution >= 4 is 51.5 Å². The van der Waals surface area contributed by atoms with E-state index in [4.69, 9.17) is 23.2 Å². The molecule has 0 atom stereocenters. The smallest absolute Gasteiger partial charge is 0.257 e. The van der Waals surface area contributed by atoms with Crippen LogP contribution in [-0.4, -0.2) is 28.2 Å². The topological polar surface area (TPSA) is 62.3 Å². The lowest BCUT2D eigenvalue weighted by Crippen LogP contribution is -2.23. The molecule has 1 saturated heterocycles. The minimum Gasteiger partial charge on any atom is -0.338 e. The largest absolute Gasteiger partial charge is 0.338 e. The molecule has 1 fully saturated rings. The molecule has 2 aromatic carbocycles. The van der Waals surface area contributed by atoms with E-state index >= 15 is 0 Å². The molecule has 0 radical (unpaired) electrons. The van der Waals surface area contributed by atoms with E-state index in [1.54, 1.807) is 24.4 Å². The molecule has 5 nitrogen and oxygen atoms in total. The van der Waals surface area contributed by atoms with Crippen molar-refractivity contribution in [3.63, 3.8) is 0 Å². The Hall–Kier alpha value is -2.41. The highest BCUT2D eigenvalue weighted by Crippen LogP contribution is 2.29.